The van der Waals surface area contributed by atoms with Crippen LogP contribution in [-0.2, 0) is 28.8 Å². The molecule has 8 N–H and O–H groups in total. The second-order valence-electron chi connectivity index (χ2n) is 10.9. The number of carboxylic acids is 1. The molecule has 40 heavy (non-hydrogen) atoms. The first-order chi connectivity index (χ1) is 19.2. The highest BCUT2D eigenvalue weighted by molar-refractivity contribution is 5.94. The minimum absolute atomic E-state index is 0.00726. The largest absolute Gasteiger partial charge is 0.481 e. The third-order valence-corrected chi connectivity index (χ3v) is 5.96. The number of rotatable bonds is 23. The van der Waals surface area contributed by atoms with E-state index < -0.39 is 67.0 Å². The average Bonchev–Trinajstić information content (AvgIpc) is 2.85. The van der Waals surface area contributed by atoms with Crippen molar-refractivity contribution in [3.05, 3.63) is 0 Å². The summed E-state index contributed by atoms with van der Waals surface area (Å²) >= 11 is 0. The van der Waals surface area contributed by atoms with E-state index in [4.69, 9.17) is 12.2 Å². The van der Waals surface area contributed by atoms with Crippen molar-refractivity contribution >= 4 is 35.9 Å². The molecule has 0 spiro atoms. The summed E-state index contributed by atoms with van der Waals surface area (Å²) in [6.45, 7) is 10.5. The lowest BCUT2D eigenvalue weighted by Crippen LogP contribution is -2.59. The number of amides is 4. The zero-order valence-corrected chi connectivity index (χ0v) is 24.5. The van der Waals surface area contributed by atoms with Crippen LogP contribution in [0.1, 0.15) is 93.8 Å². The molecule has 0 bridgehead atoms. The number of carboxylic acid groups (broad SMARTS) is 1. The van der Waals surface area contributed by atoms with Gasteiger partial charge in [-0.25, -0.2) is 5.43 Å². The van der Waals surface area contributed by atoms with Gasteiger partial charge >= 0.3 is 5.97 Å². The predicted molar refractivity (Wildman–Crippen MR) is 151 cm³/mol. The quantitative estimate of drug-likeness (QED) is 0.0517. The summed E-state index contributed by atoms with van der Waals surface area (Å²) in [4.78, 5) is 72.9. The summed E-state index contributed by atoms with van der Waals surface area (Å²) in [6.07, 6.45) is 3.47. The van der Waals surface area contributed by atoms with Crippen LogP contribution in [-0.4, -0.2) is 71.7 Å². The van der Waals surface area contributed by atoms with E-state index in [0.717, 1.165) is 25.7 Å². The molecule has 0 saturated heterocycles. The molecule has 0 aliphatic rings. The highest BCUT2D eigenvalue weighted by atomic mass is 16.4. The van der Waals surface area contributed by atoms with Crippen LogP contribution >= 0.6 is 0 Å². The summed E-state index contributed by atoms with van der Waals surface area (Å²) in [6, 6.07) is -4.69. The number of carbonyl (C=O) groups excluding carboxylic acids is 5. The third-order valence-electron chi connectivity index (χ3n) is 5.96. The number of hydrazine groups is 1. The Morgan fingerprint density at radius 1 is 0.825 bits per heavy atom. The van der Waals surface area contributed by atoms with Gasteiger partial charge in [-0.1, -0.05) is 60.3 Å². The number of hydrogen-bond acceptors (Lipinski definition) is 8. The minimum Gasteiger partial charge on any atom is -0.481 e. The van der Waals surface area contributed by atoms with Crippen LogP contribution < -0.4 is 32.5 Å². The van der Waals surface area contributed by atoms with Gasteiger partial charge in [0.25, 0.3) is 5.91 Å². The maximum Gasteiger partial charge on any atom is 0.305 e. The smallest absolute Gasteiger partial charge is 0.305 e. The molecule has 230 valence electrons. The van der Waals surface area contributed by atoms with Gasteiger partial charge in [-0.3, -0.25) is 29.4 Å². The maximum absolute atomic E-state index is 13.2. The van der Waals surface area contributed by atoms with Gasteiger partial charge in [-0.2, -0.15) is 0 Å². The topological polar surface area (TPSA) is 209 Å². The van der Waals surface area contributed by atoms with Crippen molar-refractivity contribution in [2.45, 2.75) is 117 Å². The molecule has 0 aromatic heterocycles. The Bertz CT molecular complexity index is 871. The number of nitrogens with two attached hydrogens (primary N) is 1. The first-order valence-corrected chi connectivity index (χ1v) is 14.1. The van der Waals surface area contributed by atoms with E-state index in [0.29, 0.717) is 13.0 Å². The van der Waals surface area contributed by atoms with Crippen molar-refractivity contribution in [1.29, 1.82) is 0 Å². The number of hydrogen-bond donors (Lipinski definition) is 7. The van der Waals surface area contributed by atoms with Gasteiger partial charge in [0, 0.05) is 0 Å². The molecule has 13 nitrogen and oxygen atoms in total. The average molecular weight is 572 g/mol. The summed E-state index contributed by atoms with van der Waals surface area (Å²) in [5.41, 5.74) is 10.6. The van der Waals surface area contributed by atoms with Crippen molar-refractivity contribution < 1.29 is 35.2 Å². The number of aliphatic carboxylic acids is 1. The van der Waals surface area contributed by atoms with E-state index in [1.54, 1.807) is 0 Å². The van der Waals surface area contributed by atoms with Gasteiger partial charge in [-0.05, 0) is 37.6 Å². The predicted octanol–water partition coefficient (Wildman–Crippen LogP) is 0.515. The molecule has 0 heterocycles. The van der Waals surface area contributed by atoms with Crippen molar-refractivity contribution in [3.63, 3.8) is 0 Å². The van der Waals surface area contributed by atoms with Crippen LogP contribution in [0.3, 0.4) is 0 Å². The molecule has 0 aromatic carbocycles. The molecule has 0 radical (unpaired) electrons. The van der Waals surface area contributed by atoms with Crippen LogP contribution in [0.2, 0.25) is 0 Å². The van der Waals surface area contributed by atoms with Crippen molar-refractivity contribution in [2.24, 2.45) is 17.6 Å². The number of aldehydes is 1. The Hall–Kier alpha value is -3.06. The highest BCUT2D eigenvalue weighted by Gasteiger charge is 2.30. The summed E-state index contributed by atoms with van der Waals surface area (Å²) in [7, 11) is 0. The highest BCUT2D eigenvalue weighted by Crippen LogP contribution is 2.08. The van der Waals surface area contributed by atoms with Gasteiger partial charge in [0.1, 0.15) is 19.7 Å². The molecular formula is C27H50N6O7. The van der Waals surface area contributed by atoms with E-state index in [2.05, 4.69) is 33.7 Å². The Morgan fingerprint density at radius 2 is 1.40 bits per heavy atom. The van der Waals surface area contributed by atoms with Crippen LogP contribution in [0, 0.1) is 11.8 Å². The Morgan fingerprint density at radius 3 is 1.93 bits per heavy atom. The van der Waals surface area contributed by atoms with E-state index >= 15 is 0 Å². The SMILES string of the molecule is [2H]C(=O)[C@H](CC(=O)O)NC(=O)[C@H](CC(N)=O)NC(=O)C(CC(C)C)NNC(=O)C(CC(C)C)NCCCCCCC. The number of primary amides is 1. The number of carbonyl (C=O) groups is 6. The lowest BCUT2D eigenvalue weighted by Gasteiger charge is -2.26. The van der Waals surface area contributed by atoms with Gasteiger partial charge in [0.05, 0.1) is 24.9 Å². The number of nitrogens with one attached hydrogen (secondary N) is 5. The second kappa shape index (κ2) is 20.8. The molecular weight excluding hydrogens is 520 g/mol. The molecule has 0 fully saturated rings. The van der Waals surface area contributed by atoms with Crippen LogP contribution in [0.4, 0.5) is 0 Å². The summed E-state index contributed by atoms with van der Waals surface area (Å²) in [5.74, 6) is -4.24. The third kappa shape index (κ3) is 17.5. The fourth-order valence-electron chi connectivity index (χ4n) is 3.96. The fourth-order valence-corrected chi connectivity index (χ4v) is 3.96. The monoisotopic (exact) mass is 571 g/mol. The molecule has 0 aromatic rings. The molecule has 13 heteroatoms. The molecule has 2 unspecified atom stereocenters. The summed E-state index contributed by atoms with van der Waals surface area (Å²) < 4.78 is 7.19. The zero-order chi connectivity index (χ0) is 31.5. The van der Waals surface area contributed by atoms with Crippen molar-refractivity contribution in [2.75, 3.05) is 6.54 Å². The number of unbranched alkanes of at least 4 members (excludes halogenated alkanes) is 4. The van der Waals surface area contributed by atoms with Crippen molar-refractivity contribution in [1.82, 2.24) is 26.8 Å². The Labute approximate surface area is 238 Å². The molecule has 4 atom stereocenters. The molecule has 0 aliphatic heterocycles. The molecule has 4 amide bonds. The van der Waals surface area contributed by atoms with Crippen molar-refractivity contribution in [3.8, 4) is 0 Å². The lowest BCUT2D eigenvalue weighted by atomic mass is 10.0. The molecule has 0 rings (SSSR count). The van der Waals surface area contributed by atoms with E-state index in [1.165, 1.54) is 6.42 Å². The first kappa shape index (κ1) is 35.0. The van der Waals surface area contributed by atoms with E-state index in [9.17, 15) is 28.8 Å². The fraction of sp³-hybridized carbons (Fsp3) is 0.778. The minimum atomic E-state index is -1.67. The molecule has 0 saturated carbocycles. The van der Waals surface area contributed by atoms with Crippen LogP contribution in [0.25, 0.3) is 0 Å². The summed E-state index contributed by atoms with van der Waals surface area (Å²) in [5, 5.41) is 16.7. The Kier molecular flexibility index (Phi) is 18.2. The first-order valence-electron chi connectivity index (χ1n) is 14.6. The normalized spacial score (nSPS) is 14.5. The van der Waals surface area contributed by atoms with Gasteiger partial charge < -0.3 is 31.6 Å². The van der Waals surface area contributed by atoms with Crippen LogP contribution in [0.5, 0.6) is 0 Å². The zero-order valence-electron chi connectivity index (χ0n) is 25.5. The van der Waals surface area contributed by atoms with E-state index in [1.807, 2.05) is 27.7 Å². The van der Waals surface area contributed by atoms with Gasteiger partial charge in [-0.15, -0.1) is 0 Å². The van der Waals surface area contributed by atoms with E-state index in [-0.39, 0.29) is 24.2 Å². The lowest BCUT2D eigenvalue weighted by molar-refractivity contribution is -0.139. The maximum atomic E-state index is 13.2. The second-order valence-corrected chi connectivity index (χ2v) is 10.9. The van der Waals surface area contributed by atoms with Gasteiger partial charge in [0.2, 0.25) is 17.7 Å². The van der Waals surface area contributed by atoms with Crippen LogP contribution in [0.15, 0.2) is 0 Å². The Balaban J connectivity index is 5.46. The van der Waals surface area contributed by atoms with Gasteiger partial charge in [0.15, 0.2) is 0 Å². The standard InChI is InChI=1S/C27H50N6O7/c1-6-7-8-9-10-11-29-20(12-17(2)3)27(40)33-32-22(13-18(4)5)26(39)31-21(15-23(28)35)25(38)30-19(16-34)14-24(36)37/h16-22,29,32H,6-15H2,1-5H3,(H2,28,35)(H,30,38)(H,31,39)(H,33,40)(H,36,37)/t19-,20?,21-,22?/m0/s1/i16D. The molecule has 0 aliphatic carbocycles.